The van der Waals surface area contributed by atoms with Crippen molar-refractivity contribution in [1.29, 1.82) is 0 Å². The van der Waals surface area contributed by atoms with Crippen LogP contribution < -0.4 is 10.2 Å². The molecule has 1 amide bonds. The number of alkyl halides is 3. The Balaban J connectivity index is 1.57. The van der Waals surface area contributed by atoms with E-state index in [1.165, 1.54) is 23.9 Å². The molecule has 0 bridgehead atoms. The SMILES string of the molecule is CN(C)c1cc(Cl)nc(SCc2ccc(C(=O)NCc3cccc(C(F)(F)F)c3)cc2)n1. The highest BCUT2D eigenvalue weighted by Gasteiger charge is 2.30. The van der Waals surface area contributed by atoms with E-state index < -0.39 is 11.7 Å². The third-order valence-electron chi connectivity index (χ3n) is 4.41. The molecule has 32 heavy (non-hydrogen) atoms. The summed E-state index contributed by atoms with van der Waals surface area (Å²) in [4.78, 5) is 22.8. The van der Waals surface area contributed by atoms with Crippen molar-refractivity contribution in [1.82, 2.24) is 15.3 Å². The van der Waals surface area contributed by atoms with Crippen LogP contribution in [0.15, 0.2) is 59.8 Å². The number of anilines is 1. The Morgan fingerprint density at radius 1 is 1.06 bits per heavy atom. The number of hydrogen-bond donors (Lipinski definition) is 1. The zero-order valence-electron chi connectivity index (χ0n) is 17.3. The van der Waals surface area contributed by atoms with Gasteiger partial charge in [-0.25, -0.2) is 9.97 Å². The number of thioether (sulfide) groups is 1. The van der Waals surface area contributed by atoms with Crippen LogP contribution in [0.25, 0.3) is 0 Å². The van der Waals surface area contributed by atoms with E-state index in [9.17, 15) is 18.0 Å². The zero-order valence-corrected chi connectivity index (χ0v) is 18.9. The van der Waals surface area contributed by atoms with Crippen molar-refractivity contribution in [3.63, 3.8) is 0 Å². The molecule has 0 saturated heterocycles. The molecule has 0 aliphatic rings. The molecule has 0 aliphatic carbocycles. The molecule has 0 saturated carbocycles. The topological polar surface area (TPSA) is 58.1 Å². The van der Waals surface area contributed by atoms with Gasteiger partial charge in [0.05, 0.1) is 5.56 Å². The summed E-state index contributed by atoms with van der Waals surface area (Å²) in [5, 5.41) is 3.55. The molecule has 5 nitrogen and oxygen atoms in total. The Kier molecular flexibility index (Phi) is 7.63. The van der Waals surface area contributed by atoms with E-state index in [4.69, 9.17) is 11.6 Å². The third kappa shape index (κ3) is 6.61. The van der Waals surface area contributed by atoms with Crippen molar-refractivity contribution < 1.29 is 18.0 Å². The Bertz CT molecular complexity index is 1090. The summed E-state index contributed by atoms with van der Waals surface area (Å²) in [6.45, 7) is 0.000665. The lowest BCUT2D eigenvalue weighted by Crippen LogP contribution is -2.23. The second kappa shape index (κ2) is 10.2. The maximum absolute atomic E-state index is 12.8. The number of carbonyl (C=O) groups excluding carboxylic acids is 1. The average Bonchev–Trinajstić information content (AvgIpc) is 2.75. The number of halogens is 4. The van der Waals surface area contributed by atoms with Crippen LogP contribution in [0, 0.1) is 0 Å². The summed E-state index contributed by atoms with van der Waals surface area (Å²) in [5.41, 5.74) is 1.01. The zero-order chi connectivity index (χ0) is 23.3. The van der Waals surface area contributed by atoms with E-state index in [0.29, 0.717) is 33.0 Å². The lowest BCUT2D eigenvalue weighted by atomic mass is 10.1. The lowest BCUT2D eigenvalue weighted by Gasteiger charge is -2.12. The van der Waals surface area contributed by atoms with Gasteiger partial charge in [0.2, 0.25) is 0 Å². The quantitative estimate of drug-likeness (QED) is 0.277. The number of hydrogen-bond acceptors (Lipinski definition) is 5. The number of rotatable bonds is 7. The average molecular weight is 481 g/mol. The van der Waals surface area contributed by atoms with Crippen LogP contribution in [0.3, 0.4) is 0 Å². The van der Waals surface area contributed by atoms with E-state index >= 15 is 0 Å². The Morgan fingerprint density at radius 2 is 1.78 bits per heavy atom. The fourth-order valence-electron chi connectivity index (χ4n) is 2.72. The molecular weight excluding hydrogens is 461 g/mol. The van der Waals surface area contributed by atoms with Crippen LogP contribution in [-0.4, -0.2) is 30.0 Å². The summed E-state index contributed by atoms with van der Waals surface area (Å²) in [7, 11) is 3.73. The van der Waals surface area contributed by atoms with Gasteiger partial charge >= 0.3 is 6.18 Å². The molecule has 3 aromatic rings. The first-order chi connectivity index (χ1) is 15.1. The van der Waals surface area contributed by atoms with Gasteiger partial charge in [0.15, 0.2) is 5.16 Å². The van der Waals surface area contributed by atoms with Crippen molar-refractivity contribution in [3.05, 3.63) is 82.0 Å². The summed E-state index contributed by atoms with van der Waals surface area (Å²) < 4.78 is 38.4. The predicted molar refractivity (Wildman–Crippen MR) is 120 cm³/mol. The summed E-state index contributed by atoms with van der Waals surface area (Å²) in [6, 6.07) is 13.5. The molecule has 0 fully saturated rings. The number of aromatic nitrogens is 2. The molecule has 2 aromatic carbocycles. The molecule has 10 heteroatoms. The normalized spacial score (nSPS) is 11.3. The van der Waals surface area contributed by atoms with Crippen LogP contribution in [0.2, 0.25) is 5.15 Å². The number of benzene rings is 2. The van der Waals surface area contributed by atoms with Crippen molar-refractivity contribution >= 4 is 35.1 Å². The van der Waals surface area contributed by atoms with Crippen LogP contribution in [-0.2, 0) is 18.5 Å². The van der Waals surface area contributed by atoms with E-state index in [0.717, 1.165) is 17.7 Å². The first-order valence-corrected chi connectivity index (χ1v) is 10.9. The van der Waals surface area contributed by atoms with Crippen LogP contribution in [0.1, 0.15) is 27.0 Å². The van der Waals surface area contributed by atoms with Gasteiger partial charge in [0.1, 0.15) is 11.0 Å². The highest BCUT2D eigenvalue weighted by Crippen LogP contribution is 2.29. The minimum atomic E-state index is -4.42. The molecule has 0 atom stereocenters. The van der Waals surface area contributed by atoms with E-state index in [1.807, 2.05) is 31.1 Å². The second-order valence-corrected chi connectivity index (χ2v) is 8.42. The van der Waals surface area contributed by atoms with Gasteiger partial charge in [-0.15, -0.1) is 0 Å². The molecule has 1 N–H and O–H groups in total. The molecule has 0 spiro atoms. The predicted octanol–water partition coefficient (Wildman–Crippen LogP) is 5.44. The molecule has 168 valence electrons. The van der Waals surface area contributed by atoms with Gasteiger partial charge < -0.3 is 10.2 Å². The first kappa shape index (κ1) is 23.9. The molecule has 0 radical (unpaired) electrons. The fraction of sp³-hybridized carbons (Fsp3) is 0.227. The largest absolute Gasteiger partial charge is 0.416 e. The maximum atomic E-state index is 12.8. The number of amides is 1. The van der Waals surface area contributed by atoms with Gasteiger partial charge in [-0.2, -0.15) is 13.2 Å². The molecule has 0 unspecified atom stereocenters. The standard InChI is InChI=1S/C22H20ClF3N4OS/c1-30(2)19-11-18(23)28-21(29-19)32-13-14-6-8-16(9-7-14)20(31)27-12-15-4-3-5-17(10-15)22(24,25)26/h3-11H,12-13H2,1-2H3,(H,27,31). The van der Waals surface area contributed by atoms with Gasteiger partial charge in [0, 0.05) is 38.0 Å². The van der Waals surface area contributed by atoms with Crippen molar-refractivity contribution in [2.24, 2.45) is 0 Å². The number of nitrogens with zero attached hydrogens (tertiary/aromatic N) is 3. The maximum Gasteiger partial charge on any atom is 0.416 e. The lowest BCUT2D eigenvalue weighted by molar-refractivity contribution is -0.137. The number of carbonyl (C=O) groups is 1. The molecule has 1 aromatic heterocycles. The van der Waals surface area contributed by atoms with Crippen LogP contribution in [0.5, 0.6) is 0 Å². The summed E-state index contributed by atoms with van der Waals surface area (Å²) in [5.74, 6) is 0.926. The Hall–Kier alpha value is -2.78. The smallest absolute Gasteiger partial charge is 0.363 e. The van der Waals surface area contributed by atoms with Gasteiger partial charge in [-0.3, -0.25) is 4.79 Å². The molecule has 0 aliphatic heterocycles. The summed E-state index contributed by atoms with van der Waals surface area (Å²) in [6.07, 6.45) is -4.42. The minimum Gasteiger partial charge on any atom is -0.363 e. The molecular formula is C22H20ClF3N4OS. The van der Waals surface area contributed by atoms with Gasteiger partial charge in [0.25, 0.3) is 5.91 Å². The van der Waals surface area contributed by atoms with Gasteiger partial charge in [-0.05, 0) is 35.4 Å². The van der Waals surface area contributed by atoms with Crippen molar-refractivity contribution in [3.8, 4) is 0 Å². The van der Waals surface area contributed by atoms with Gasteiger partial charge in [-0.1, -0.05) is 47.6 Å². The van der Waals surface area contributed by atoms with E-state index in [-0.39, 0.29) is 12.5 Å². The fourth-order valence-corrected chi connectivity index (χ4v) is 3.76. The van der Waals surface area contributed by atoms with Crippen LogP contribution >= 0.6 is 23.4 Å². The van der Waals surface area contributed by atoms with Crippen LogP contribution in [0.4, 0.5) is 19.0 Å². The first-order valence-electron chi connectivity index (χ1n) is 9.50. The highest BCUT2D eigenvalue weighted by molar-refractivity contribution is 7.98. The summed E-state index contributed by atoms with van der Waals surface area (Å²) >= 11 is 7.46. The van der Waals surface area contributed by atoms with E-state index in [1.54, 1.807) is 18.2 Å². The molecule has 3 rings (SSSR count). The molecule has 1 heterocycles. The van der Waals surface area contributed by atoms with Crippen molar-refractivity contribution in [2.45, 2.75) is 23.6 Å². The Labute approximate surface area is 193 Å². The minimum absolute atomic E-state index is 0.000665. The highest BCUT2D eigenvalue weighted by atomic mass is 35.5. The van der Waals surface area contributed by atoms with E-state index in [2.05, 4.69) is 15.3 Å². The number of nitrogens with one attached hydrogen (secondary N) is 1. The van der Waals surface area contributed by atoms with Crippen molar-refractivity contribution in [2.75, 3.05) is 19.0 Å². The monoisotopic (exact) mass is 480 g/mol. The third-order valence-corrected chi connectivity index (χ3v) is 5.52. The Morgan fingerprint density at radius 3 is 2.44 bits per heavy atom. The second-order valence-electron chi connectivity index (χ2n) is 7.09.